The Kier molecular flexibility index (Phi) is 5.35. The lowest BCUT2D eigenvalue weighted by atomic mass is 10.2. The molecule has 100 valence electrons. The SMILES string of the molecule is F[B-](F)(F)F.N#[N+]c1cc(C(F)(F)F)cnc1Cl. The topological polar surface area (TPSA) is 41.0 Å². The second-order valence-corrected chi connectivity index (χ2v) is 2.98. The Morgan fingerprint density at radius 3 is 2.00 bits per heavy atom. The molecule has 0 aliphatic carbocycles. The molecule has 0 radical (unpaired) electrons. The van der Waals surface area contributed by atoms with Crippen molar-refractivity contribution in [2.24, 2.45) is 0 Å². The van der Waals surface area contributed by atoms with Crippen LogP contribution in [0.15, 0.2) is 12.3 Å². The molecule has 0 spiro atoms. The average molecular weight is 295 g/mol. The lowest BCUT2D eigenvalue weighted by Crippen LogP contribution is -2.04. The minimum absolute atomic E-state index is 0.282. The Balaban J connectivity index is 0.000000494. The van der Waals surface area contributed by atoms with E-state index in [2.05, 4.69) is 9.96 Å². The van der Waals surface area contributed by atoms with Gasteiger partial charge in [-0.25, -0.2) is 4.98 Å². The lowest BCUT2D eigenvalue weighted by Gasteiger charge is -2.03. The molecule has 0 aliphatic rings. The standard InChI is InChI=1S/C6H2ClF3N3.BF4/c7-5-4(13-11)1-3(2-12-5)6(8,9)10;2-1(3,4)5/h1-2H;/q+1;-1. The van der Waals surface area contributed by atoms with Crippen molar-refractivity contribution in [2.45, 2.75) is 6.18 Å². The van der Waals surface area contributed by atoms with Gasteiger partial charge in [-0.3, -0.25) is 0 Å². The van der Waals surface area contributed by atoms with Gasteiger partial charge in [0, 0.05) is 6.20 Å². The summed E-state index contributed by atoms with van der Waals surface area (Å²) in [5.41, 5.74) is -1.42. The number of hydrogen-bond acceptors (Lipinski definition) is 2. The zero-order valence-electron chi connectivity index (χ0n) is 8.10. The van der Waals surface area contributed by atoms with Crippen molar-refractivity contribution in [3.8, 4) is 0 Å². The summed E-state index contributed by atoms with van der Waals surface area (Å²) < 4.78 is 75.1. The van der Waals surface area contributed by atoms with E-state index in [-0.39, 0.29) is 5.15 Å². The van der Waals surface area contributed by atoms with Crippen molar-refractivity contribution in [3.63, 3.8) is 0 Å². The fourth-order valence-electron chi connectivity index (χ4n) is 0.662. The zero-order chi connectivity index (χ0) is 14.6. The number of rotatable bonds is 0. The summed E-state index contributed by atoms with van der Waals surface area (Å²) in [5, 5.41) is 7.96. The highest BCUT2D eigenvalue weighted by molar-refractivity contribution is 6.50. The number of aromatic nitrogens is 1. The molecule has 1 aromatic heterocycles. The molecule has 3 nitrogen and oxygen atoms in total. The number of halogens is 8. The van der Waals surface area contributed by atoms with Gasteiger partial charge in [-0.15, -0.1) is 0 Å². The Labute approximate surface area is 100 Å². The van der Waals surface area contributed by atoms with Gasteiger partial charge in [-0.05, 0) is 0 Å². The average Bonchev–Trinajstić information content (AvgIpc) is 2.14. The first kappa shape index (κ1) is 16.4. The largest absolute Gasteiger partial charge is 0.673 e. The van der Waals surface area contributed by atoms with E-state index < -0.39 is 24.7 Å². The molecular formula is C6H2BClF7N3. The Bertz CT molecular complexity index is 446. The molecule has 0 N–H and O–H groups in total. The van der Waals surface area contributed by atoms with Gasteiger partial charge in [0.15, 0.2) is 4.98 Å². The van der Waals surface area contributed by atoms with Crippen molar-refractivity contribution in [1.82, 2.24) is 4.98 Å². The monoisotopic (exact) mass is 295 g/mol. The maximum Gasteiger partial charge on any atom is 0.673 e. The zero-order valence-corrected chi connectivity index (χ0v) is 8.85. The fourth-order valence-corrected chi connectivity index (χ4v) is 0.803. The smallest absolute Gasteiger partial charge is 0.418 e. The van der Waals surface area contributed by atoms with E-state index in [9.17, 15) is 30.4 Å². The third kappa shape index (κ3) is 6.90. The highest BCUT2D eigenvalue weighted by Gasteiger charge is 2.33. The molecular weight excluding hydrogens is 293 g/mol. The summed E-state index contributed by atoms with van der Waals surface area (Å²) in [7, 11) is -6.00. The first-order valence-corrected chi connectivity index (χ1v) is 4.28. The van der Waals surface area contributed by atoms with Crippen LogP contribution in [-0.4, -0.2) is 12.2 Å². The minimum atomic E-state index is -6.00. The van der Waals surface area contributed by atoms with Crippen molar-refractivity contribution >= 4 is 24.5 Å². The normalized spacial score (nSPS) is 11.3. The molecule has 0 atom stereocenters. The molecule has 0 fully saturated rings. The van der Waals surface area contributed by atoms with E-state index >= 15 is 0 Å². The number of hydrogen-bond donors (Lipinski definition) is 0. The van der Waals surface area contributed by atoms with Crippen molar-refractivity contribution in [3.05, 3.63) is 28.0 Å². The Morgan fingerprint density at radius 1 is 1.22 bits per heavy atom. The van der Waals surface area contributed by atoms with Crippen LogP contribution in [0.25, 0.3) is 4.98 Å². The van der Waals surface area contributed by atoms with Crippen molar-refractivity contribution in [1.29, 1.82) is 5.39 Å². The van der Waals surface area contributed by atoms with Crippen LogP contribution in [0.2, 0.25) is 5.15 Å². The predicted octanol–water partition coefficient (Wildman–Crippen LogP) is 4.54. The molecule has 0 aliphatic heterocycles. The second-order valence-electron chi connectivity index (χ2n) is 2.63. The van der Waals surface area contributed by atoms with Gasteiger partial charge in [-0.2, -0.15) is 13.2 Å². The van der Waals surface area contributed by atoms with Crippen molar-refractivity contribution < 1.29 is 30.4 Å². The van der Waals surface area contributed by atoms with Gasteiger partial charge in [0.05, 0.1) is 11.6 Å². The van der Waals surface area contributed by atoms with Crippen LogP contribution in [0.1, 0.15) is 5.56 Å². The van der Waals surface area contributed by atoms with Gasteiger partial charge < -0.3 is 17.3 Å². The van der Waals surface area contributed by atoms with Crippen LogP contribution in [0.5, 0.6) is 0 Å². The van der Waals surface area contributed by atoms with E-state index in [1.165, 1.54) is 0 Å². The van der Waals surface area contributed by atoms with Crippen LogP contribution in [0.3, 0.4) is 0 Å². The first-order valence-electron chi connectivity index (χ1n) is 3.90. The molecule has 0 saturated carbocycles. The fraction of sp³-hybridized carbons (Fsp3) is 0.167. The van der Waals surface area contributed by atoms with Crippen LogP contribution < -0.4 is 0 Å². The molecule has 0 bridgehead atoms. The quantitative estimate of drug-likeness (QED) is 0.305. The maximum absolute atomic E-state index is 12.0. The number of alkyl halides is 3. The van der Waals surface area contributed by atoms with Crippen molar-refractivity contribution in [2.75, 3.05) is 0 Å². The minimum Gasteiger partial charge on any atom is -0.418 e. The van der Waals surface area contributed by atoms with Gasteiger partial charge in [0.1, 0.15) is 0 Å². The molecule has 0 amide bonds. The third-order valence-electron chi connectivity index (χ3n) is 1.26. The highest BCUT2D eigenvalue weighted by atomic mass is 35.5. The third-order valence-corrected chi connectivity index (χ3v) is 1.55. The van der Waals surface area contributed by atoms with E-state index in [0.29, 0.717) is 12.3 Å². The number of pyridine rings is 1. The summed E-state index contributed by atoms with van der Waals surface area (Å²) in [6.45, 7) is 0. The van der Waals surface area contributed by atoms with Crippen LogP contribution >= 0.6 is 11.6 Å². The maximum atomic E-state index is 12.0. The summed E-state index contributed by atoms with van der Waals surface area (Å²) in [6, 6.07) is 0.606. The lowest BCUT2D eigenvalue weighted by molar-refractivity contribution is -0.137. The molecule has 0 saturated heterocycles. The van der Waals surface area contributed by atoms with Crippen LogP contribution in [0.4, 0.5) is 36.1 Å². The summed E-state index contributed by atoms with van der Waals surface area (Å²) in [6.07, 6.45) is -3.95. The number of diazo groups is 1. The van der Waals surface area contributed by atoms with E-state index in [0.717, 1.165) is 0 Å². The van der Waals surface area contributed by atoms with Gasteiger partial charge in [0.2, 0.25) is 10.5 Å². The molecule has 12 heteroatoms. The van der Waals surface area contributed by atoms with Gasteiger partial charge in [-0.1, -0.05) is 11.6 Å². The Morgan fingerprint density at radius 2 is 1.67 bits per heavy atom. The first-order chi connectivity index (χ1) is 7.95. The van der Waals surface area contributed by atoms with Gasteiger partial charge >= 0.3 is 19.1 Å². The van der Waals surface area contributed by atoms with Crippen LogP contribution in [-0.2, 0) is 6.18 Å². The molecule has 18 heavy (non-hydrogen) atoms. The molecule has 1 aromatic rings. The summed E-state index contributed by atoms with van der Waals surface area (Å²) in [5.74, 6) is 0. The Hall–Kier alpha value is -1.57. The van der Waals surface area contributed by atoms with E-state index in [1.807, 2.05) is 0 Å². The molecule has 1 rings (SSSR count). The highest BCUT2D eigenvalue weighted by Crippen LogP contribution is 2.33. The molecule has 0 aromatic carbocycles. The number of nitrogens with zero attached hydrogens (tertiary/aromatic N) is 3. The van der Waals surface area contributed by atoms with E-state index in [4.69, 9.17) is 17.0 Å². The van der Waals surface area contributed by atoms with Gasteiger partial charge in [0.25, 0.3) is 0 Å². The summed E-state index contributed by atoms with van der Waals surface area (Å²) in [4.78, 5) is 5.76. The second kappa shape index (κ2) is 5.86. The molecule has 0 unspecified atom stereocenters. The van der Waals surface area contributed by atoms with Crippen LogP contribution in [0, 0.1) is 5.39 Å². The predicted molar refractivity (Wildman–Crippen MR) is 49.2 cm³/mol. The molecule has 1 heterocycles. The van der Waals surface area contributed by atoms with E-state index in [1.54, 1.807) is 0 Å². The summed E-state index contributed by atoms with van der Waals surface area (Å²) >= 11 is 5.31.